The zero-order valence-corrected chi connectivity index (χ0v) is 5.91. The molecule has 0 fully saturated rings. The third-order valence-electron chi connectivity index (χ3n) is 0.716. The monoisotopic (exact) mass is 180 g/mol. The van der Waals surface area contributed by atoms with Crippen molar-refractivity contribution in [1.82, 2.24) is 0 Å². The molecule has 4 N–H and O–H groups in total. The zero-order valence-electron chi connectivity index (χ0n) is 5.09. The van der Waals surface area contributed by atoms with Gasteiger partial charge < -0.3 is 11.5 Å². The topological polar surface area (TPSA) is 129 Å². The average Bonchev–Trinajstić information content (AvgIpc) is 2.03. The highest BCUT2D eigenvalue weighted by Crippen LogP contribution is 2.00. The number of rotatable bonds is 0. The molecule has 9 heteroatoms. The lowest BCUT2D eigenvalue weighted by Crippen LogP contribution is -2.30. The van der Waals surface area contributed by atoms with Gasteiger partial charge in [0, 0.05) is 0 Å². The van der Waals surface area contributed by atoms with Crippen molar-refractivity contribution in [3.63, 3.8) is 0 Å². The number of hydrogen-bond acceptors (Lipinski definition) is 8. The molecule has 0 unspecified atom stereocenters. The number of hydrogen-bond donors (Lipinski definition) is 2. The van der Waals surface area contributed by atoms with Crippen LogP contribution in [0.1, 0.15) is 0 Å². The van der Waals surface area contributed by atoms with E-state index in [2.05, 4.69) is 18.9 Å². The fourth-order valence-corrected chi connectivity index (χ4v) is 0.649. The maximum Gasteiger partial charge on any atom is 0.542 e. The Hall–Kier alpha value is -1.51. The van der Waals surface area contributed by atoms with Crippen LogP contribution in [0.2, 0.25) is 0 Å². The quantitative estimate of drug-likeness (QED) is 0.436. The van der Waals surface area contributed by atoms with Gasteiger partial charge in [-0.1, -0.05) is 0 Å². The van der Waals surface area contributed by atoms with E-state index in [4.69, 9.17) is 11.5 Å². The van der Waals surface area contributed by atoms with Crippen molar-refractivity contribution in [2.45, 2.75) is 0 Å². The molecule has 1 rings (SSSR count). The Morgan fingerprint density at radius 2 is 1.45 bits per heavy atom. The van der Waals surface area contributed by atoms with Gasteiger partial charge in [-0.3, -0.25) is 0 Å². The normalized spacial score (nSPS) is 21.8. The molecule has 1 aliphatic heterocycles. The van der Waals surface area contributed by atoms with E-state index in [0.29, 0.717) is 0 Å². The second kappa shape index (κ2) is 2.27. The molecule has 0 spiro atoms. The Balaban J connectivity index is 3.02. The molecule has 0 saturated carbocycles. The van der Waals surface area contributed by atoms with Crippen molar-refractivity contribution in [1.29, 1.82) is 0 Å². The zero-order chi connectivity index (χ0) is 8.48. The number of nitrogens with zero attached hydrogens (tertiary/aromatic N) is 2. The smallest absolute Gasteiger partial charge is 0.378 e. The predicted molar refractivity (Wildman–Crippen MR) is 34.3 cm³/mol. The lowest BCUT2D eigenvalue weighted by atomic mass is 10.6. The van der Waals surface area contributed by atoms with Crippen molar-refractivity contribution < 1.29 is 17.0 Å². The van der Waals surface area contributed by atoms with Crippen LogP contribution in [0.3, 0.4) is 0 Å². The summed E-state index contributed by atoms with van der Waals surface area (Å²) in [4.78, 5) is 0. The van der Waals surface area contributed by atoms with E-state index in [1.807, 2.05) is 0 Å². The van der Waals surface area contributed by atoms with Crippen LogP contribution in [-0.4, -0.2) is 20.1 Å². The van der Waals surface area contributed by atoms with Gasteiger partial charge in [-0.2, -0.15) is 0 Å². The Morgan fingerprint density at radius 3 is 1.82 bits per heavy atom. The minimum atomic E-state index is -4.22. The molecule has 8 nitrogen and oxygen atoms in total. The first-order valence-corrected chi connectivity index (χ1v) is 3.64. The number of nitrogens with two attached hydrogens (primary N) is 2. The van der Waals surface area contributed by atoms with Crippen LogP contribution in [-0.2, 0) is 19.0 Å². The molecule has 0 atom stereocenters. The highest BCUT2D eigenvalue weighted by Gasteiger charge is 2.18. The first-order valence-electron chi connectivity index (χ1n) is 2.31. The molecule has 0 bridgehead atoms. The summed E-state index contributed by atoms with van der Waals surface area (Å²) in [7, 11) is -4.22. The van der Waals surface area contributed by atoms with E-state index < -0.39 is 10.4 Å². The number of oxime groups is 2. The van der Waals surface area contributed by atoms with Gasteiger partial charge in [-0.25, -0.2) is 8.57 Å². The van der Waals surface area contributed by atoms with E-state index >= 15 is 0 Å². The van der Waals surface area contributed by atoms with Crippen molar-refractivity contribution in [3.8, 4) is 0 Å². The molecule has 1 heterocycles. The highest BCUT2D eigenvalue weighted by atomic mass is 32.3. The van der Waals surface area contributed by atoms with Crippen LogP contribution in [0.15, 0.2) is 10.3 Å². The average molecular weight is 180 g/mol. The van der Waals surface area contributed by atoms with Gasteiger partial charge in [0.15, 0.2) is 0 Å². The predicted octanol–water partition coefficient (Wildman–Crippen LogP) is -2.18. The third kappa shape index (κ3) is 1.70. The first kappa shape index (κ1) is 7.60. The highest BCUT2D eigenvalue weighted by molar-refractivity contribution is 7.81. The number of amidine groups is 2. The van der Waals surface area contributed by atoms with E-state index in [-0.39, 0.29) is 11.7 Å². The molecule has 0 aromatic rings. The summed E-state index contributed by atoms with van der Waals surface area (Å²) in [5.41, 5.74) is 10.0. The van der Waals surface area contributed by atoms with Gasteiger partial charge in [0.1, 0.15) is 0 Å². The molecule has 0 aromatic heterocycles. The summed E-state index contributed by atoms with van der Waals surface area (Å²) in [6.07, 6.45) is 0. The van der Waals surface area contributed by atoms with Crippen LogP contribution in [0.25, 0.3) is 0 Å². The fourth-order valence-electron chi connectivity index (χ4n) is 0.279. The molecule has 0 amide bonds. The Bertz CT molecular complexity index is 289. The maximum absolute atomic E-state index is 10.4. The molecule has 11 heavy (non-hydrogen) atoms. The van der Waals surface area contributed by atoms with E-state index in [9.17, 15) is 8.42 Å². The summed E-state index contributed by atoms with van der Waals surface area (Å²) in [6.45, 7) is 0. The van der Waals surface area contributed by atoms with Gasteiger partial charge in [0.25, 0.3) is 0 Å². The second-order valence-electron chi connectivity index (χ2n) is 1.51. The SMILES string of the molecule is NC1=NOS(=O)(=O)ON=C1N. The summed E-state index contributed by atoms with van der Waals surface area (Å²) >= 11 is 0. The third-order valence-corrected chi connectivity index (χ3v) is 1.23. The molecule has 0 aliphatic carbocycles. The van der Waals surface area contributed by atoms with Crippen molar-refractivity contribution >= 4 is 22.1 Å². The molecule has 0 radical (unpaired) electrons. The molecule has 0 saturated heterocycles. The minimum Gasteiger partial charge on any atom is -0.378 e. The van der Waals surface area contributed by atoms with E-state index in [0.717, 1.165) is 0 Å². The lowest BCUT2D eigenvalue weighted by molar-refractivity contribution is 0.233. The molecular formula is C2H4N4O4S. The minimum absolute atomic E-state index is 0.355. The molecule has 62 valence electrons. The van der Waals surface area contributed by atoms with Crippen LogP contribution in [0, 0.1) is 0 Å². The van der Waals surface area contributed by atoms with Crippen LogP contribution < -0.4 is 11.5 Å². The summed E-state index contributed by atoms with van der Waals surface area (Å²) < 4.78 is 28.4. The molecule has 0 aromatic carbocycles. The largest absolute Gasteiger partial charge is 0.542 e. The molecular weight excluding hydrogens is 176 g/mol. The van der Waals surface area contributed by atoms with Gasteiger partial charge in [0.2, 0.25) is 11.7 Å². The summed E-state index contributed by atoms with van der Waals surface area (Å²) in [5.74, 6) is -0.711. The standard InChI is InChI=1S/C2H4N4O4S/c3-1-2(4)6-10-11(7,8)9-5-1/h(H2,3,5)(H2,4,6). The van der Waals surface area contributed by atoms with Crippen molar-refractivity contribution in [2.24, 2.45) is 21.8 Å². The first-order chi connectivity index (χ1) is 5.01. The fraction of sp³-hybridized carbons (Fsp3) is 0. The van der Waals surface area contributed by atoms with Crippen LogP contribution >= 0.6 is 0 Å². The Kier molecular flexibility index (Phi) is 1.57. The van der Waals surface area contributed by atoms with Crippen LogP contribution in [0.5, 0.6) is 0 Å². The van der Waals surface area contributed by atoms with Crippen molar-refractivity contribution in [3.05, 3.63) is 0 Å². The van der Waals surface area contributed by atoms with E-state index in [1.54, 1.807) is 0 Å². The lowest BCUT2D eigenvalue weighted by Gasteiger charge is -1.90. The maximum atomic E-state index is 10.4. The van der Waals surface area contributed by atoms with Gasteiger partial charge in [-0.15, -0.1) is 8.42 Å². The Morgan fingerprint density at radius 1 is 1.09 bits per heavy atom. The van der Waals surface area contributed by atoms with Gasteiger partial charge in [0.05, 0.1) is 0 Å². The second-order valence-corrected chi connectivity index (χ2v) is 2.63. The van der Waals surface area contributed by atoms with Gasteiger partial charge >= 0.3 is 10.4 Å². The van der Waals surface area contributed by atoms with Gasteiger partial charge in [-0.05, 0) is 10.3 Å². The van der Waals surface area contributed by atoms with Crippen LogP contribution in [0.4, 0.5) is 0 Å². The van der Waals surface area contributed by atoms with Crippen molar-refractivity contribution in [2.75, 3.05) is 0 Å². The summed E-state index contributed by atoms with van der Waals surface area (Å²) in [6, 6.07) is 0. The summed E-state index contributed by atoms with van der Waals surface area (Å²) in [5, 5.41) is 5.77. The van der Waals surface area contributed by atoms with E-state index in [1.165, 1.54) is 0 Å². The Labute approximate surface area is 61.7 Å². The molecule has 1 aliphatic rings.